The van der Waals surface area contributed by atoms with Crippen LogP contribution in [-0.4, -0.2) is 5.78 Å². The predicted molar refractivity (Wildman–Crippen MR) is 69.3 cm³/mol. The van der Waals surface area contributed by atoms with Gasteiger partial charge in [-0.2, -0.15) is 0 Å². The minimum atomic E-state index is 0.238. The van der Waals surface area contributed by atoms with E-state index in [4.69, 9.17) is 4.42 Å². The van der Waals surface area contributed by atoms with Crippen LogP contribution in [0.15, 0.2) is 53.1 Å². The Balaban J connectivity index is 1.53. The summed E-state index contributed by atoms with van der Waals surface area (Å²) in [6, 6.07) is 14.1. The lowest BCUT2D eigenvalue weighted by atomic mass is 10.0. The smallest absolute Gasteiger partial charge is 0.137 e. The molecule has 0 saturated heterocycles. The Labute approximate surface area is 107 Å². The van der Waals surface area contributed by atoms with Gasteiger partial charge in [0.25, 0.3) is 0 Å². The SMILES string of the molecule is O=C(CCc1ccco1)C1CC1c1ccccc1. The quantitative estimate of drug-likeness (QED) is 0.799. The van der Waals surface area contributed by atoms with Gasteiger partial charge in [0, 0.05) is 18.8 Å². The highest BCUT2D eigenvalue weighted by Gasteiger charge is 2.42. The van der Waals surface area contributed by atoms with E-state index in [1.54, 1.807) is 6.26 Å². The number of rotatable bonds is 5. The Morgan fingerprint density at radius 1 is 1.17 bits per heavy atom. The van der Waals surface area contributed by atoms with Crippen LogP contribution in [0.5, 0.6) is 0 Å². The zero-order valence-electron chi connectivity index (χ0n) is 10.2. The molecule has 2 aromatic rings. The molecule has 0 aliphatic heterocycles. The molecule has 2 atom stereocenters. The van der Waals surface area contributed by atoms with Crippen molar-refractivity contribution >= 4 is 5.78 Å². The third-order valence-corrected chi connectivity index (χ3v) is 3.63. The first-order valence-electron chi connectivity index (χ1n) is 6.44. The van der Waals surface area contributed by atoms with Crippen molar-refractivity contribution in [2.24, 2.45) is 5.92 Å². The molecule has 0 bridgehead atoms. The van der Waals surface area contributed by atoms with E-state index in [1.807, 2.05) is 30.3 Å². The summed E-state index contributed by atoms with van der Waals surface area (Å²) in [4.78, 5) is 12.0. The Morgan fingerprint density at radius 2 is 2.00 bits per heavy atom. The molecule has 1 aromatic heterocycles. The summed E-state index contributed by atoms with van der Waals surface area (Å²) in [7, 11) is 0. The highest BCUT2D eigenvalue weighted by atomic mass is 16.3. The number of furan rings is 1. The number of Topliss-reactive ketones (excluding diaryl/α,β-unsaturated/α-hetero) is 1. The summed E-state index contributed by atoms with van der Waals surface area (Å²) in [5.41, 5.74) is 1.30. The van der Waals surface area contributed by atoms with Gasteiger partial charge in [0.05, 0.1) is 6.26 Å². The molecule has 0 N–H and O–H groups in total. The van der Waals surface area contributed by atoms with Crippen LogP contribution in [0.4, 0.5) is 0 Å². The van der Waals surface area contributed by atoms with Crippen molar-refractivity contribution in [3.8, 4) is 0 Å². The van der Waals surface area contributed by atoms with Crippen molar-refractivity contribution in [3.05, 3.63) is 60.1 Å². The maximum atomic E-state index is 12.0. The molecule has 0 radical (unpaired) electrons. The molecule has 2 heteroatoms. The van der Waals surface area contributed by atoms with Crippen LogP contribution in [0.1, 0.15) is 30.1 Å². The summed E-state index contributed by atoms with van der Waals surface area (Å²) < 4.78 is 5.24. The molecular formula is C16H16O2. The number of hydrogen-bond acceptors (Lipinski definition) is 2. The van der Waals surface area contributed by atoms with Crippen molar-refractivity contribution in [1.29, 1.82) is 0 Å². The number of carbonyl (C=O) groups is 1. The molecule has 1 fully saturated rings. The van der Waals surface area contributed by atoms with Gasteiger partial charge in [-0.05, 0) is 30.0 Å². The molecule has 1 aromatic carbocycles. The predicted octanol–water partition coefficient (Wildman–Crippen LogP) is 3.59. The summed E-state index contributed by atoms with van der Waals surface area (Å²) in [5, 5.41) is 0. The highest BCUT2D eigenvalue weighted by molar-refractivity contribution is 5.85. The third kappa shape index (κ3) is 2.37. The summed E-state index contributed by atoms with van der Waals surface area (Å²) in [6.07, 6.45) is 4.00. The Kier molecular flexibility index (Phi) is 3.01. The zero-order valence-corrected chi connectivity index (χ0v) is 10.2. The van der Waals surface area contributed by atoms with E-state index in [0.717, 1.165) is 18.6 Å². The Bertz CT molecular complexity index is 513. The lowest BCUT2D eigenvalue weighted by Crippen LogP contribution is -2.03. The molecule has 92 valence electrons. The topological polar surface area (TPSA) is 30.2 Å². The number of aryl methyl sites for hydroxylation is 1. The number of benzene rings is 1. The average molecular weight is 240 g/mol. The van der Waals surface area contributed by atoms with Crippen molar-refractivity contribution < 1.29 is 9.21 Å². The van der Waals surface area contributed by atoms with Crippen LogP contribution in [0.2, 0.25) is 0 Å². The Morgan fingerprint density at radius 3 is 2.72 bits per heavy atom. The van der Waals surface area contributed by atoms with Gasteiger partial charge in [0.2, 0.25) is 0 Å². The van der Waals surface area contributed by atoms with Crippen LogP contribution in [-0.2, 0) is 11.2 Å². The molecule has 3 rings (SSSR count). The molecule has 1 saturated carbocycles. The molecule has 2 nitrogen and oxygen atoms in total. The molecule has 2 unspecified atom stereocenters. The van der Waals surface area contributed by atoms with Gasteiger partial charge in [-0.3, -0.25) is 4.79 Å². The van der Waals surface area contributed by atoms with Crippen molar-refractivity contribution in [3.63, 3.8) is 0 Å². The van der Waals surface area contributed by atoms with Gasteiger partial charge in [-0.1, -0.05) is 30.3 Å². The van der Waals surface area contributed by atoms with E-state index < -0.39 is 0 Å². The molecule has 0 amide bonds. The molecule has 18 heavy (non-hydrogen) atoms. The molecule has 0 spiro atoms. The minimum Gasteiger partial charge on any atom is -0.469 e. The monoisotopic (exact) mass is 240 g/mol. The molecule has 1 aliphatic carbocycles. The van der Waals surface area contributed by atoms with Gasteiger partial charge in [0.15, 0.2) is 0 Å². The van der Waals surface area contributed by atoms with E-state index in [1.165, 1.54) is 5.56 Å². The van der Waals surface area contributed by atoms with Gasteiger partial charge in [-0.15, -0.1) is 0 Å². The number of ketones is 1. The largest absolute Gasteiger partial charge is 0.469 e. The van der Waals surface area contributed by atoms with E-state index in [9.17, 15) is 4.79 Å². The van der Waals surface area contributed by atoms with E-state index in [-0.39, 0.29) is 5.92 Å². The third-order valence-electron chi connectivity index (χ3n) is 3.63. The second-order valence-electron chi connectivity index (χ2n) is 4.91. The second kappa shape index (κ2) is 4.81. The maximum Gasteiger partial charge on any atom is 0.137 e. The fourth-order valence-corrected chi connectivity index (χ4v) is 2.51. The van der Waals surface area contributed by atoms with Crippen LogP contribution < -0.4 is 0 Å². The first-order valence-corrected chi connectivity index (χ1v) is 6.44. The van der Waals surface area contributed by atoms with Gasteiger partial charge in [0.1, 0.15) is 11.5 Å². The number of carbonyl (C=O) groups excluding carboxylic acids is 1. The fraction of sp³-hybridized carbons (Fsp3) is 0.312. The van der Waals surface area contributed by atoms with Gasteiger partial charge >= 0.3 is 0 Å². The summed E-state index contributed by atoms with van der Waals surface area (Å²) >= 11 is 0. The normalized spacial score (nSPS) is 21.8. The van der Waals surface area contributed by atoms with Gasteiger partial charge < -0.3 is 4.42 Å². The van der Waals surface area contributed by atoms with Crippen LogP contribution in [0.25, 0.3) is 0 Å². The van der Waals surface area contributed by atoms with Crippen LogP contribution in [0.3, 0.4) is 0 Å². The van der Waals surface area contributed by atoms with E-state index in [2.05, 4.69) is 12.1 Å². The zero-order chi connectivity index (χ0) is 12.4. The minimum absolute atomic E-state index is 0.238. The van der Waals surface area contributed by atoms with Crippen molar-refractivity contribution in [2.75, 3.05) is 0 Å². The van der Waals surface area contributed by atoms with E-state index >= 15 is 0 Å². The highest BCUT2D eigenvalue weighted by Crippen LogP contribution is 2.48. The summed E-state index contributed by atoms with van der Waals surface area (Å²) in [6.45, 7) is 0. The fourth-order valence-electron chi connectivity index (χ4n) is 2.51. The summed E-state index contributed by atoms with van der Waals surface area (Å²) in [5.74, 6) is 1.97. The molecule has 1 aliphatic rings. The number of hydrogen-bond donors (Lipinski definition) is 0. The van der Waals surface area contributed by atoms with Crippen molar-refractivity contribution in [2.45, 2.75) is 25.2 Å². The second-order valence-corrected chi connectivity index (χ2v) is 4.91. The maximum absolute atomic E-state index is 12.0. The average Bonchev–Trinajstić information content (AvgIpc) is 3.05. The van der Waals surface area contributed by atoms with Crippen LogP contribution >= 0.6 is 0 Å². The van der Waals surface area contributed by atoms with Crippen LogP contribution in [0, 0.1) is 5.92 Å². The van der Waals surface area contributed by atoms with Gasteiger partial charge in [-0.25, -0.2) is 0 Å². The lowest BCUT2D eigenvalue weighted by Gasteiger charge is -2.00. The lowest BCUT2D eigenvalue weighted by molar-refractivity contribution is -0.120. The first kappa shape index (κ1) is 11.3. The molecular weight excluding hydrogens is 224 g/mol. The first-order chi connectivity index (χ1) is 8.84. The molecule has 1 heterocycles. The van der Waals surface area contributed by atoms with E-state index in [0.29, 0.717) is 18.1 Å². The standard InChI is InChI=1S/C16H16O2/c17-16(9-8-13-7-4-10-18-13)15-11-14(15)12-5-2-1-3-6-12/h1-7,10,14-15H,8-9,11H2. The van der Waals surface area contributed by atoms with Crippen molar-refractivity contribution in [1.82, 2.24) is 0 Å². The Hall–Kier alpha value is -1.83.